The molecular formula is C19H20FN3O3. The van der Waals surface area contributed by atoms with Gasteiger partial charge in [-0.05, 0) is 55.8 Å². The van der Waals surface area contributed by atoms with E-state index in [2.05, 4.69) is 15.8 Å². The Morgan fingerprint density at radius 3 is 2.50 bits per heavy atom. The van der Waals surface area contributed by atoms with Crippen molar-refractivity contribution in [3.05, 3.63) is 59.4 Å². The molecule has 6 nitrogen and oxygen atoms in total. The molecule has 0 heterocycles. The highest BCUT2D eigenvalue weighted by molar-refractivity contribution is 6.04. The van der Waals surface area contributed by atoms with Crippen LogP contribution < -0.4 is 10.7 Å². The zero-order valence-electron chi connectivity index (χ0n) is 14.5. The van der Waals surface area contributed by atoms with Gasteiger partial charge >= 0.3 is 0 Å². The molecule has 26 heavy (non-hydrogen) atoms. The van der Waals surface area contributed by atoms with Crippen LogP contribution in [-0.2, 0) is 4.79 Å². The SMILES string of the molecule is CCCC(=O)Nc1ccc(O)c(/C(C)=N/NC(=O)c2ccc(F)cc2)c1. The lowest BCUT2D eigenvalue weighted by molar-refractivity contribution is -0.116. The molecule has 0 aliphatic heterocycles. The molecule has 0 spiro atoms. The fourth-order valence-corrected chi connectivity index (χ4v) is 2.21. The summed E-state index contributed by atoms with van der Waals surface area (Å²) >= 11 is 0. The number of hydrogen-bond donors (Lipinski definition) is 3. The number of carbonyl (C=O) groups excluding carboxylic acids is 2. The molecule has 0 fully saturated rings. The van der Waals surface area contributed by atoms with Crippen molar-refractivity contribution in [2.45, 2.75) is 26.7 Å². The topological polar surface area (TPSA) is 90.8 Å². The van der Waals surface area contributed by atoms with Gasteiger partial charge in [0.1, 0.15) is 11.6 Å². The Labute approximate surface area is 150 Å². The smallest absolute Gasteiger partial charge is 0.271 e. The fraction of sp³-hybridized carbons (Fsp3) is 0.211. The number of rotatable bonds is 6. The first-order valence-electron chi connectivity index (χ1n) is 8.14. The van der Waals surface area contributed by atoms with Crippen molar-refractivity contribution >= 4 is 23.2 Å². The van der Waals surface area contributed by atoms with E-state index in [0.717, 1.165) is 6.42 Å². The Kier molecular flexibility index (Phi) is 6.43. The Bertz CT molecular complexity index is 832. The van der Waals surface area contributed by atoms with Crippen molar-refractivity contribution in [3.8, 4) is 5.75 Å². The Hall–Kier alpha value is -3.22. The lowest BCUT2D eigenvalue weighted by Gasteiger charge is -2.09. The first kappa shape index (κ1) is 19.1. The second-order valence-electron chi connectivity index (χ2n) is 5.68. The monoisotopic (exact) mass is 357 g/mol. The molecule has 136 valence electrons. The first-order chi connectivity index (χ1) is 12.4. The summed E-state index contributed by atoms with van der Waals surface area (Å²) in [5.41, 5.74) is 3.86. The summed E-state index contributed by atoms with van der Waals surface area (Å²) in [6.45, 7) is 3.51. The molecule has 7 heteroatoms. The molecule has 2 rings (SSSR count). The highest BCUT2D eigenvalue weighted by Crippen LogP contribution is 2.22. The normalized spacial score (nSPS) is 11.1. The maximum absolute atomic E-state index is 12.9. The summed E-state index contributed by atoms with van der Waals surface area (Å²) in [5, 5.41) is 16.7. The maximum Gasteiger partial charge on any atom is 0.271 e. The van der Waals surface area contributed by atoms with Gasteiger partial charge in [-0.3, -0.25) is 9.59 Å². The van der Waals surface area contributed by atoms with E-state index >= 15 is 0 Å². The summed E-state index contributed by atoms with van der Waals surface area (Å²) in [7, 11) is 0. The predicted octanol–water partition coefficient (Wildman–Crippen LogP) is 3.42. The predicted molar refractivity (Wildman–Crippen MR) is 97.7 cm³/mol. The minimum Gasteiger partial charge on any atom is -0.507 e. The minimum atomic E-state index is -0.503. The van der Waals surface area contributed by atoms with Crippen LogP contribution >= 0.6 is 0 Å². The van der Waals surface area contributed by atoms with Crippen LogP contribution in [0, 0.1) is 5.82 Å². The van der Waals surface area contributed by atoms with E-state index in [1.807, 2.05) is 6.92 Å². The molecule has 0 saturated carbocycles. The molecule has 3 N–H and O–H groups in total. The van der Waals surface area contributed by atoms with Gasteiger partial charge in [0, 0.05) is 23.2 Å². The largest absolute Gasteiger partial charge is 0.507 e. The number of aromatic hydroxyl groups is 1. The summed E-state index contributed by atoms with van der Waals surface area (Å²) in [6, 6.07) is 9.65. The molecule has 0 aliphatic carbocycles. The number of hydrogen-bond acceptors (Lipinski definition) is 4. The van der Waals surface area contributed by atoms with Crippen LogP contribution in [-0.4, -0.2) is 22.6 Å². The van der Waals surface area contributed by atoms with Gasteiger partial charge in [0.05, 0.1) is 5.71 Å². The zero-order valence-corrected chi connectivity index (χ0v) is 14.5. The Morgan fingerprint density at radius 1 is 1.15 bits per heavy atom. The van der Waals surface area contributed by atoms with Gasteiger partial charge in [0.2, 0.25) is 5.91 Å². The average Bonchev–Trinajstić information content (AvgIpc) is 2.61. The third kappa shape index (κ3) is 5.14. The number of phenolic OH excluding ortho intramolecular Hbond substituents is 1. The van der Waals surface area contributed by atoms with Crippen LogP contribution in [0.15, 0.2) is 47.6 Å². The molecule has 2 aromatic rings. The molecule has 0 saturated heterocycles. The van der Waals surface area contributed by atoms with Gasteiger partial charge in [-0.15, -0.1) is 0 Å². The van der Waals surface area contributed by atoms with Crippen LogP contribution in [0.1, 0.15) is 42.6 Å². The minimum absolute atomic E-state index is 0.0317. The number of amides is 2. The molecule has 0 radical (unpaired) electrons. The molecular weight excluding hydrogens is 337 g/mol. The molecule has 0 aliphatic rings. The Morgan fingerprint density at radius 2 is 1.85 bits per heavy atom. The van der Waals surface area contributed by atoms with Gasteiger partial charge in [0.15, 0.2) is 0 Å². The van der Waals surface area contributed by atoms with E-state index in [9.17, 15) is 19.1 Å². The number of halogens is 1. The van der Waals surface area contributed by atoms with Gasteiger partial charge in [-0.2, -0.15) is 5.10 Å². The molecule has 0 atom stereocenters. The van der Waals surface area contributed by atoms with E-state index in [0.29, 0.717) is 23.4 Å². The van der Waals surface area contributed by atoms with Gasteiger partial charge < -0.3 is 10.4 Å². The third-order valence-corrected chi connectivity index (χ3v) is 3.58. The average molecular weight is 357 g/mol. The lowest BCUT2D eigenvalue weighted by Crippen LogP contribution is -2.19. The second kappa shape index (κ2) is 8.75. The zero-order chi connectivity index (χ0) is 19.1. The van der Waals surface area contributed by atoms with Crippen LogP contribution in [0.4, 0.5) is 10.1 Å². The third-order valence-electron chi connectivity index (χ3n) is 3.58. The second-order valence-corrected chi connectivity index (χ2v) is 5.68. The van der Waals surface area contributed by atoms with Gasteiger partial charge in [-0.25, -0.2) is 9.82 Å². The lowest BCUT2D eigenvalue weighted by atomic mass is 10.1. The van der Waals surface area contributed by atoms with E-state index in [-0.39, 0.29) is 17.2 Å². The van der Waals surface area contributed by atoms with Crippen LogP contribution in [0.5, 0.6) is 5.75 Å². The molecule has 0 unspecified atom stereocenters. The van der Waals surface area contributed by atoms with Crippen molar-refractivity contribution in [1.82, 2.24) is 5.43 Å². The molecule has 2 amide bonds. The quantitative estimate of drug-likeness (QED) is 0.420. The number of nitrogens with zero attached hydrogens (tertiary/aromatic N) is 1. The molecule has 0 bridgehead atoms. The van der Waals surface area contributed by atoms with E-state index in [4.69, 9.17) is 0 Å². The number of carbonyl (C=O) groups is 2. The van der Waals surface area contributed by atoms with Gasteiger partial charge in [0.25, 0.3) is 5.91 Å². The molecule has 0 aromatic heterocycles. The van der Waals surface area contributed by atoms with Crippen molar-refractivity contribution in [1.29, 1.82) is 0 Å². The fourth-order valence-electron chi connectivity index (χ4n) is 2.21. The van der Waals surface area contributed by atoms with E-state index in [1.165, 1.54) is 30.3 Å². The van der Waals surface area contributed by atoms with E-state index < -0.39 is 11.7 Å². The van der Waals surface area contributed by atoms with Crippen LogP contribution in [0.2, 0.25) is 0 Å². The number of nitrogens with one attached hydrogen (secondary N) is 2. The first-order valence-corrected chi connectivity index (χ1v) is 8.14. The van der Waals surface area contributed by atoms with Crippen molar-refractivity contribution < 1.29 is 19.1 Å². The van der Waals surface area contributed by atoms with Crippen LogP contribution in [0.3, 0.4) is 0 Å². The van der Waals surface area contributed by atoms with Crippen molar-refractivity contribution in [3.63, 3.8) is 0 Å². The summed E-state index contributed by atoms with van der Waals surface area (Å²) in [4.78, 5) is 23.7. The number of phenols is 1. The van der Waals surface area contributed by atoms with Crippen molar-refractivity contribution in [2.75, 3.05) is 5.32 Å². The van der Waals surface area contributed by atoms with Gasteiger partial charge in [-0.1, -0.05) is 6.92 Å². The number of hydrazone groups is 1. The maximum atomic E-state index is 12.9. The standard InChI is InChI=1S/C19H20FN3O3/c1-3-4-18(25)21-15-9-10-17(24)16(11-15)12(2)22-23-19(26)13-5-7-14(20)8-6-13/h5-11,24H,3-4H2,1-2H3,(H,21,25)(H,23,26)/b22-12+. The number of anilines is 1. The van der Waals surface area contributed by atoms with E-state index in [1.54, 1.807) is 19.1 Å². The highest BCUT2D eigenvalue weighted by Gasteiger charge is 2.10. The van der Waals surface area contributed by atoms with Crippen LogP contribution in [0.25, 0.3) is 0 Å². The van der Waals surface area contributed by atoms with Crippen molar-refractivity contribution in [2.24, 2.45) is 5.10 Å². The summed E-state index contributed by atoms with van der Waals surface area (Å²) in [6.07, 6.45) is 1.13. The molecule has 2 aromatic carbocycles. The summed E-state index contributed by atoms with van der Waals surface area (Å²) < 4.78 is 12.9. The number of benzene rings is 2. The Balaban J connectivity index is 2.13. The highest BCUT2D eigenvalue weighted by atomic mass is 19.1. The summed E-state index contributed by atoms with van der Waals surface area (Å²) in [5.74, 6) is -1.09.